The minimum atomic E-state index is 0.604. The maximum Gasteiger partial charge on any atom is 0.0560 e. The summed E-state index contributed by atoms with van der Waals surface area (Å²) in [7, 11) is 0. The Hall–Kier alpha value is -1.25. The Balaban J connectivity index is 2.56. The number of allylic oxidation sites excluding steroid dienone is 1. The minimum Gasteiger partial charge on any atom is -0.397 e. The largest absolute Gasteiger partial charge is 0.397 e. The Labute approximate surface area is 73.1 Å². The van der Waals surface area contributed by atoms with E-state index in [-0.39, 0.29) is 0 Å². The molecule has 1 aliphatic heterocycles. The third kappa shape index (κ3) is 1.87. The number of nitrogens with one attached hydrogen (secondary N) is 1. The molecular formula is C9H15N3. The van der Waals surface area contributed by atoms with Crippen molar-refractivity contribution in [3.05, 3.63) is 24.0 Å². The molecule has 0 atom stereocenters. The molecule has 3 N–H and O–H groups in total. The Bertz CT molecular complexity index is 212. The summed E-state index contributed by atoms with van der Waals surface area (Å²) >= 11 is 0. The second-order valence-corrected chi connectivity index (χ2v) is 2.93. The van der Waals surface area contributed by atoms with Crippen molar-refractivity contribution >= 4 is 6.21 Å². The summed E-state index contributed by atoms with van der Waals surface area (Å²) in [5.74, 6) is 0. The fourth-order valence-electron chi connectivity index (χ4n) is 1.36. The van der Waals surface area contributed by atoms with Gasteiger partial charge in [0.05, 0.1) is 11.4 Å². The van der Waals surface area contributed by atoms with Crippen LogP contribution >= 0.6 is 0 Å². The Kier molecular flexibility index (Phi) is 2.91. The van der Waals surface area contributed by atoms with Gasteiger partial charge in [-0.25, -0.2) is 0 Å². The van der Waals surface area contributed by atoms with Crippen molar-refractivity contribution in [2.75, 3.05) is 13.1 Å². The third-order valence-electron chi connectivity index (χ3n) is 2.08. The SMILES string of the molecule is C=C(/C(N)=C/C=N)N1CCCC1. The summed E-state index contributed by atoms with van der Waals surface area (Å²) in [6.45, 7) is 5.98. The molecule has 0 aromatic heterocycles. The summed E-state index contributed by atoms with van der Waals surface area (Å²) in [6.07, 6.45) is 5.20. The fraction of sp³-hybridized carbons (Fsp3) is 0.444. The van der Waals surface area contributed by atoms with Crippen molar-refractivity contribution in [2.24, 2.45) is 5.73 Å². The molecule has 0 aromatic rings. The molecule has 0 bridgehead atoms. The third-order valence-corrected chi connectivity index (χ3v) is 2.08. The molecule has 3 heteroatoms. The minimum absolute atomic E-state index is 0.604. The van der Waals surface area contributed by atoms with E-state index in [9.17, 15) is 0 Å². The van der Waals surface area contributed by atoms with Crippen LogP contribution in [0.2, 0.25) is 0 Å². The molecule has 12 heavy (non-hydrogen) atoms. The van der Waals surface area contributed by atoms with Crippen LogP contribution in [0.25, 0.3) is 0 Å². The van der Waals surface area contributed by atoms with Crippen LogP contribution in [0.3, 0.4) is 0 Å². The van der Waals surface area contributed by atoms with Gasteiger partial charge in [-0.3, -0.25) is 0 Å². The zero-order valence-corrected chi connectivity index (χ0v) is 7.21. The zero-order valence-electron chi connectivity index (χ0n) is 7.21. The number of hydrogen-bond acceptors (Lipinski definition) is 3. The molecule has 0 unspecified atom stereocenters. The molecule has 66 valence electrons. The van der Waals surface area contributed by atoms with Crippen LogP contribution in [0.15, 0.2) is 24.0 Å². The molecule has 1 rings (SSSR count). The van der Waals surface area contributed by atoms with E-state index in [0.29, 0.717) is 5.70 Å². The maximum atomic E-state index is 6.86. The van der Waals surface area contributed by atoms with Crippen molar-refractivity contribution < 1.29 is 0 Å². The lowest BCUT2D eigenvalue weighted by molar-refractivity contribution is 0.435. The standard InChI is InChI=1S/C9H15N3/c1-8(9(11)4-5-10)12-6-2-3-7-12/h4-5,10H,1-3,6-7,11H2/b9-4-,10-5?. The first kappa shape index (κ1) is 8.84. The van der Waals surface area contributed by atoms with Crippen molar-refractivity contribution in [3.8, 4) is 0 Å². The highest BCUT2D eigenvalue weighted by molar-refractivity contribution is 5.70. The van der Waals surface area contributed by atoms with Gasteiger partial charge in [0.1, 0.15) is 0 Å². The topological polar surface area (TPSA) is 53.1 Å². The van der Waals surface area contributed by atoms with Crippen LogP contribution in [0.5, 0.6) is 0 Å². The molecule has 1 fully saturated rings. The quantitative estimate of drug-likeness (QED) is 0.486. The van der Waals surface area contributed by atoms with Crippen LogP contribution in [0.4, 0.5) is 0 Å². The smallest absolute Gasteiger partial charge is 0.0560 e. The molecule has 0 saturated carbocycles. The van der Waals surface area contributed by atoms with Crippen LogP contribution in [-0.2, 0) is 0 Å². The Morgan fingerprint density at radius 1 is 1.42 bits per heavy atom. The average Bonchev–Trinajstić information content (AvgIpc) is 2.55. The molecule has 0 amide bonds. The van der Waals surface area contributed by atoms with E-state index in [4.69, 9.17) is 11.1 Å². The second-order valence-electron chi connectivity index (χ2n) is 2.93. The normalized spacial score (nSPS) is 18.0. The number of rotatable bonds is 3. The highest BCUT2D eigenvalue weighted by Gasteiger charge is 2.13. The van der Waals surface area contributed by atoms with Crippen molar-refractivity contribution in [3.63, 3.8) is 0 Å². The summed E-state index contributed by atoms with van der Waals surface area (Å²) in [6, 6.07) is 0. The van der Waals surface area contributed by atoms with E-state index in [2.05, 4.69) is 11.5 Å². The van der Waals surface area contributed by atoms with Crippen molar-refractivity contribution in [2.45, 2.75) is 12.8 Å². The van der Waals surface area contributed by atoms with Gasteiger partial charge in [-0.15, -0.1) is 0 Å². The number of likely N-dealkylation sites (tertiary alicyclic amines) is 1. The monoisotopic (exact) mass is 165 g/mol. The van der Waals surface area contributed by atoms with E-state index < -0.39 is 0 Å². The van der Waals surface area contributed by atoms with Gasteiger partial charge in [0, 0.05) is 19.3 Å². The van der Waals surface area contributed by atoms with Gasteiger partial charge >= 0.3 is 0 Å². The lowest BCUT2D eigenvalue weighted by atomic mass is 10.3. The molecular weight excluding hydrogens is 150 g/mol. The summed E-state index contributed by atoms with van der Waals surface area (Å²) in [4.78, 5) is 2.16. The fourth-order valence-corrected chi connectivity index (χ4v) is 1.36. The van der Waals surface area contributed by atoms with Gasteiger partial charge < -0.3 is 16.0 Å². The van der Waals surface area contributed by atoms with Gasteiger partial charge in [0.25, 0.3) is 0 Å². The molecule has 1 heterocycles. The van der Waals surface area contributed by atoms with E-state index in [1.165, 1.54) is 19.1 Å². The summed E-state index contributed by atoms with van der Waals surface area (Å²) in [5.41, 5.74) is 7.14. The first-order valence-electron chi connectivity index (χ1n) is 4.16. The molecule has 0 aliphatic carbocycles. The Morgan fingerprint density at radius 3 is 2.50 bits per heavy atom. The highest BCUT2D eigenvalue weighted by atomic mass is 15.2. The van der Waals surface area contributed by atoms with Gasteiger partial charge in [0.2, 0.25) is 0 Å². The van der Waals surface area contributed by atoms with E-state index in [1.807, 2.05) is 0 Å². The van der Waals surface area contributed by atoms with Crippen LogP contribution in [-0.4, -0.2) is 24.2 Å². The second kappa shape index (κ2) is 3.95. The molecule has 0 radical (unpaired) electrons. The van der Waals surface area contributed by atoms with E-state index >= 15 is 0 Å². The maximum absolute atomic E-state index is 6.86. The molecule has 0 aromatic carbocycles. The first-order valence-corrected chi connectivity index (χ1v) is 4.16. The van der Waals surface area contributed by atoms with Gasteiger partial charge in [-0.05, 0) is 18.9 Å². The van der Waals surface area contributed by atoms with Crippen LogP contribution in [0.1, 0.15) is 12.8 Å². The average molecular weight is 165 g/mol. The van der Waals surface area contributed by atoms with Crippen molar-refractivity contribution in [1.29, 1.82) is 5.41 Å². The lowest BCUT2D eigenvalue weighted by Crippen LogP contribution is -2.22. The van der Waals surface area contributed by atoms with Crippen LogP contribution in [0, 0.1) is 5.41 Å². The molecule has 3 nitrogen and oxygen atoms in total. The van der Waals surface area contributed by atoms with Crippen LogP contribution < -0.4 is 5.73 Å². The lowest BCUT2D eigenvalue weighted by Gasteiger charge is -2.19. The summed E-state index contributed by atoms with van der Waals surface area (Å²) < 4.78 is 0. The zero-order chi connectivity index (χ0) is 8.97. The summed E-state index contributed by atoms with van der Waals surface area (Å²) in [5, 5.41) is 6.86. The highest BCUT2D eigenvalue weighted by Crippen LogP contribution is 2.16. The van der Waals surface area contributed by atoms with Gasteiger partial charge in [-0.2, -0.15) is 0 Å². The molecule has 0 spiro atoms. The molecule has 1 aliphatic rings. The van der Waals surface area contributed by atoms with Gasteiger partial charge in [-0.1, -0.05) is 6.58 Å². The molecule has 1 saturated heterocycles. The van der Waals surface area contributed by atoms with Gasteiger partial charge in [0.15, 0.2) is 0 Å². The van der Waals surface area contributed by atoms with E-state index in [0.717, 1.165) is 18.8 Å². The number of hydrogen-bond donors (Lipinski definition) is 2. The predicted molar refractivity (Wildman–Crippen MR) is 51.0 cm³/mol. The number of nitrogens with two attached hydrogens (primary N) is 1. The predicted octanol–water partition coefficient (Wildman–Crippen LogP) is 1.09. The first-order chi connectivity index (χ1) is 5.75. The Morgan fingerprint density at radius 2 is 2.00 bits per heavy atom. The van der Waals surface area contributed by atoms with Crippen molar-refractivity contribution in [1.82, 2.24) is 4.90 Å². The van der Waals surface area contributed by atoms with E-state index in [1.54, 1.807) is 6.08 Å². The number of nitrogens with zero attached hydrogens (tertiary/aromatic N) is 1.